The van der Waals surface area contributed by atoms with Crippen LogP contribution < -0.4 is 0 Å². The van der Waals surface area contributed by atoms with Gasteiger partial charge in [-0.1, -0.05) is 0 Å². The minimum Gasteiger partial charge on any atom is -0.718 e. The van der Waals surface area contributed by atoms with Gasteiger partial charge in [0.15, 0.2) is 0 Å². The Morgan fingerprint density at radius 3 is 2.10 bits per heavy atom. The fourth-order valence-corrected chi connectivity index (χ4v) is 1.52. The Balaban J connectivity index is 0.000000359. The third-order valence-electron chi connectivity index (χ3n) is 2.45. The van der Waals surface area contributed by atoms with Crippen molar-refractivity contribution < 1.29 is 31.4 Å². The molecule has 4 heteroatoms. The van der Waals surface area contributed by atoms with E-state index in [9.17, 15) is 9.59 Å². The summed E-state index contributed by atoms with van der Waals surface area (Å²) in [5.74, 6) is -0.0197. The van der Waals surface area contributed by atoms with E-state index in [4.69, 9.17) is 4.74 Å². The average molecular weight is 314 g/mol. The van der Waals surface area contributed by atoms with Crippen LogP contribution >= 0.6 is 0 Å². The maximum Gasteiger partial charge on any atom is 0.298 e. The van der Waals surface area contributed by atoms with Crippen LogP contribution in [0.3, 0.4) is 0 Å². The molecular formula is C16H18FeO3-6. The summed E-state index contributed by atoms with van der Waals surface area (Å²) in [6.07, 6.45) is 0.390. The number of ketones is 1. The Bertz CT molecular complexity index is 484. The largest absolute Gasteiger partial charge is 0.718 e. The van der Waals surface area contributed by atoms with Gasteiger partial charge in [-0.05, 0) is 6.92 Å². The standard InChI is InChI=1S/C9H11O2.C7H7O.Fe/c1-2-11-9(10)7-8-5-3-4-6-8;1-6(8)7-4-2-3-5-7;/h3-6H,2,7H2,1H3;2-5H,1H3;/q-1;-5;. The Labute approximate surface area is 130 Å². The van der Waals surface area contributed by atoms with E-state index < -0.39 is 0 Å². The third kappa shape index (κ3) is 7.07. The number of carbonyl (C=O) groups excluding carboxylic acids is 2. The van der Waals surface area contributed by atoms with Crippen molar-refractivity contribution >= 4 is 11.8 Å². The summed E-state index contributed by atoms with van der Waals surface area (Å²) in [5.41, 5.74) is 1.81. The predicted octanol–water partition coefficient (Wildman–Crippen LogP) is 3.12. The third-order valence-corrected chi connectivity index (χ3v) is 2.45. The molecule has 0 heterocycles. The van der Waals surface area contributed by atoms with Crippen molar-refractivity contribution in [1.29, 1.82) is 0 Å². The minimum absolute atomic E-state index is 0. The first-order chi connectivity index (χ1) is 9.13. The second-order valence-electron chi connectivity index (χ2n) is 4.00. The van der Waals surface area contributed by atoms with Gasteiger partial charge in [0.1, 0.15) is 0 Å². The number of Topliss-reactive ketones (excluding diaryl/α,β-unsaturated/α-hetero) is 1. The molecule has 0 aromatic heterocycles. The molecule has 114 valence electrons. The molecule has 0 amide bonds. The summed E-state index contributed by atoms with van der Waals surface area (Å²) in [7, 11) is 0. The van der Waals surface area contributed by atoms with Crippen LogP contribution in [0.15, 0.2) is 48.5 Å². The molecule has 0 unspecified atom stereocenters. The Hall–Kier alpha value is -1.64. The number of hydrogen-bond donors (Lipinski definition) is 0. The maximum atomic E-state index is 10.9. The molecule has 2 aromatic rings. The number of hydrogen-bond acceptors (Lipinski definition) is 3. The van der Waals surface area contributed by atoms with Crippen molar-refractivity contribution in [3.8, 4) is 0 Å². The van der Waals surface area contributed by atoms with Gasteiger partial charge in [-0.3, -0.25) is 10.6 Å². The SMILES string of the molecule is CC(=O)[c-]1[cH-][cH-][cH-][cH-]1.CCOC(=O)C[c-]1cccc1.[Fe]. The molecule has 3 nitrogen and oxygen atoms in total. The normalized spacial score (nSPS) is 8.90. The van der Waals surface area contributed by atoms with Gasteiger partial charge < -0.3 is 39.4 Å². The molecule has 0 N–H and O–H groups in total. The molecule has 2 aromatic carbocycles. The van der Waals surface area contributed by atoms with Crippen LogP contribution in [0.4, 0.5) is 0 Å². The van der Waals surface area contributed by atoms with E-state index in [-0.39, 0.29) is 28.8 Å². The van der Waals surface area contributed by atoms with Crippen molar-refractivity contribution in [3.05, 3.63) is 59.7 Å². The van der Waals surface area contributed by atoms with E-state index in [2.05, 4.69) is 0 Å². The topological polar surface area (TPSA) is 43.4 Å². The number of carbonyl (C=O) groups is 2. The quantitative estimate of drug-likeness (QED) is 0.377. The Morgan fingerprint density at radius 2 is 1.70 bits per heavy atom. The summed E-state index contributed by atoms with van der Waals surface area (Å²) in [6, 6.07) is 15.0. The van der Waals surface area contributed by atoms with Crippen molar-refractivity contribution in [2.75, 3.05) is 6.61 Å². The Kier molecular flexibility index (Phi) is 9.35. The predicted molar refractivity (Wildman–Crippen MR) is 74.4 cm³/mol. The second kappa shape index (κ2) is 10.2. The molecule has 0 saturated heterocycles. The molecule has 0 saturated carbocycles. The van der Waals surface area contributed by atoms with Crippen molar-refractivity contribution in [2.24, 2.45) is 0 Å². The Morgan fingerprint density at radius 1 is 1.15 bits per heavy atom. The van der Waals surface area contributed by atoms with Gasteiger partial charge in [0, 0.05) is 23.5 Å². The van der Waals surface area contributed by atoms with E-state index >= 15 is 0 Å². The van der Waals surface area contributed by atoms with Gasteiger partial charge in [0.25, 0.3) is 5.97 Å². The molecule has 0 aliphatic carbocycles. The van der Waals surface area contributed by atoms with Crippen LogP contribution in [-0.2, 0) is 33.0 Å². The zero-order chi connectivity index (χ0) is 14.1. The summed E-state index contributed by atoms with van der Waals surface area (Å²) in [6.45, 7) is 3.83. The number of esters is 1. The summed E-state index contributed by atoms with van der Waals surface area (Å²) in [5, 5.41) is 0. The molecule has 0 spiro atoms. The van der Waals surface area contributed by atoms with Crippen molar-refractivity contribution in [2.45, 2.75) is 20.3 Å². The number of rotatable bonds is 4. The van der Waals surface area contributed by atoms with Crippen LogP contribution in [0.1, 0.15) is 29.8 Å². The average Bonchev–Trinajstić information content (AvgIpc) is 3.02. The first kappa shape index (κ1) is 18.4. The molecule has 0 bridgehead atoms. The van der Waals surface area contributed by atoms with Gasteiger partial charge in [-0.2, -0.15) is 12.1 Å². The zero-order valence-electron chi connectivity index (χ0n) is 11.6. The van der Waals surface area contributed by atoms with Gasteiger partial charge in [-0.25, -0.2) is 12.1 Å². The fourth-order valence-electron chi connectivity index (χ4n) is 1.52. The van der Waals surface area contributed by atoms with Crippen LogP contribution in [-0.4, -0.2) is 18.4 Å². The van der Waals surface area contributed by atoms with Gasteiger partial charge >= 0.3 is 0 Å². The van der Waals surface area contributed by atoms with Crippen molar-refractivity contribution in [1.82, 2.24) is 0 Å². The maximum absolute atomic E-state index is 10.9. The van der Waals surface area contributed by atoms with E-state index in [1.54, 1.807) is 6.92 Å². The molecule has 0 fully saturated rings. The van der Waals surface area contributed by atoms with Gasteiger partial charge in [0.05, 0.1) is 6.61 Å². The second-order valence-corrected chi connectivity index (χ2v) is 4.00. The molecule has 0 aliphatic heterocycles. The molecule has 2 rings (SSSR count). The van der Waals surface area contributed by atoms with Crippen LogP contribution in [0.25, 0.3) is 0 Å². The summed E-state index contributed by atoms with van der Waals surface area (Å²) >= 11 is 0. The summed E-state index contributed by atoms with van der Waals surface area (Å²) < 4.78 is 4.78. The number of ether oxygens (including phenoxy) is 1. The van der Waals surface area contributed by atoms with E-state index in [0.717, 1.165) is 11.1 Å². The molecule has 20 heavy (non-hydrogen) atoms. The van der Waals surface area contributed by atoms with Crippen LogP contribution in [0.2, 0.25) is 0 Å². The molecule has 0 radical (unpaired) electrons. The van der Waals surface area contributed by atoms with Gasteiger partial charge in [0.2, 0.25) is 0 Å². The van der Waals surface area contributed by atoms with Crippen molar-refractivity contribution in [3.63, 3.8) is 0 Å². The van der Waals surface area contributed by atoms with Crippen LogP contribution in [0, 0.1) is 0 Å². The molecule has 0 aliphatic rings. The van der Waals surface area contributed by atoms with E-state index in [1.807, 2.05) is 55.5 Å². The summed E-state index contributed by atoms with van der Waals surface area (Å²) in [4.78, 5) is 21.4. The zero-order valence-corrected chi connectivity index (χ0v) is 12.7. The first-order valence-corrected chi connectivity index (χ1v) is 6.22. The molecule has 0 atom stereocenters. The smallest absolute Gasteiger partial charge is 0.298 e. The van der Waals surface area contributed by atoms with Gasteiger partial charge in [-0.15, -0.1) is 12.5 Å². The monoisotopic (exact) mass is 314 g/mol. The van der Waals surface area contributed by atoms with E-state index in [1.165, 1.54) is 0 Å². The van der Waals surface area contributed by atoms with E-state index in [0.29, 0.717) is 13.0 Å². The van der Waals surface area contributed by atoms with Crippen LogP contribution in [0.5, 0.6) is 0 Å². The molecular weight excluding hydrogens is 296 g/mol. The first-order valence-electron chi connectivity index (χ1n) is 6.22. The fraction of sp³-hybridized carbons (Fsp3) is 0.250. The minimum atomic E-state index is -0.154.